The van der Waals surface area contributed by atoms with E-state index in [1.54, 1.807) is 12.1 Å². The number of fused-ring (bicyclic) bond motifs is 1. The fraction of sp³-hybridized carbons (Fsp3) is 0.118. The Balaban J connectivity index is 2.36. The van der Waals surface area contributed by atoms with Gasteiger partial charge in [0.25, 0.3) is 10.0 Å². The largest absolute Gasteiger partial charge is 0.508 e. The number of carbonyl (C=O) groups is 1. The number of phenolic OH excluding ortho intramolecular Hbond substituents is 1. The number of aromatic hydroxyl groups is 1. The molecule has 2 aromatic carbocycles. The van der Waals surface area contributed by atoms with Gasteiger partial charge < -0.3 is 9.84 Å². The lowest BCUT2D eigenvalue weighted by Crippen LogP contribution is -2.19. The average molecular weight is 345 g/mol. The number of hydrogen-bond donors (Lipinski definition) is 1. The van der Waals surface area contributed by atoms with Gasteiger partial charge in [-0.15, -0.1) is 0 Å². The maximum absolute atomic E-state index is 13.0. The second-order valence-electron chi connectivity index (χ2n) is 5.35. The predicted molar refractivity (Wildman–Crippen MR) is 88.7 cm³/mol. The molecule has 1 N–H and O–H groups in total. The van der Waals surface area contributed by atoms with Crippen molar-refractivity contribution in [3.63, 3.8) is 0 Å². The molecular weight excluding hydrogens is 330 g/mol. The van der Waals surface area contributed by atoms with Gasteiger partial charge in [-0.25, -0.2) is 17.2 Å². The van der Waals surface area contributed by atoms with Crippen LogP contribution in [0.2, 0.25) is 0 Å². The minimum Gasteiger partial charge on any atom is -0.508 e. The van der Waals surface area contributed by atoms with Crippen LogP contribution in [-0.2, 0) is 14.8 Å². The summed E-state index contributed by atoms with van der Waals surface area (Å²) >= 11 is 0. The highest BCUT2D eigenvalue weighted by Gasteiger charge is 2.27. The van der Waals surface area contributed by atoms with Crippen molar-refractivity contribution in [1.82, 2.24) is 3.97 Å². The number of phenols is 1. The van der Waals surface area contributed by atoms with Gasteiger partial charge in [-0.05, 0) is 37.3 Å². The first-order valence-corrected chi connectivity index (χ1v) is 8.53. The van der Waals surface area contributed by atoms with E-state index >= 15 is 0 Å². The number of carbonyl (C=O) groups excluding carboxylic acids is 1. The third-order valence-corrected chi connectivity index (χ3v) is 5.44. The van der Waals surface area contributed by atoms with Gasteiger partial charge in [0.05, 0.1) is 17.5 Å². The van der Waals surface area contributed by atoms with Gasteiger partial charge in [-0.2, -0.15) is 0 Å². The van der Waals surface area contributed by atoms with Crippen molar-refractivity contribution in [3.05, 3.63) is 59.8 Å². The van der Waals surface area contributed by atoms with Crippen molar-refractivity contribution in [2.24, 2.45) is 0 Å². The van der Waals surface area contributed by atoms with Crippen molar-refractivity contribution in [2.45, 2.75) is 11.8 Å². The Morgan fingerprint density at radius 2 is 1.75 bits per heavy atom. The second-order valence-corrected chi connectivity index (χ2v) is 7.13. The van der Waals surface area contributed by atoms with Gasteiger partial charge in [-0.3, -0.25) is 0 Å². The zero-order chi connectivity index (χ0) is 17.5. The van der Waals surface area contributed by atoms with Crippen LogP contribution in [0.15, 0.2) is 53.4 Å². The zero-order valence-corrected chi connectivity index (χ0v) is 13.9. The van der Waals surface area contributed by atoms with E-state index in [1.807, 2.05) is 6.92 Å². The van der Waals surface area contributed by atoms with E-state index in [1.165, 1.54) is 43.5 Å². The normalized spacial score (nSPS) is 11.6. The van der Waals surface area contributed by atoms with Gasteiger partial charge in [0.2, 0.25) is 0 Å². The van der Waals surface area contributed by atoms with Crippen LogP contribution in [0.25, 0.3) is 10.9 Å². The minimum absolute atomic E-state index is 0.0408. The number of methoxy groups -OCH3 is 1. The highest BCUT2D eigenvalue weighted by atomic mass is 32.2. The van der Waals surface area contributed by atoms with E-state index in [0.717, 1.165) is 9.54 Å². The van der Waals surface area contributed by atoms with Gasteiger partial charge in [0, 0.05) is 11.5 Å². The van der Waals surface area contributed by atoms with E-state index in [2.05, 4.69) is 0 Å². The first-order chi connectivity index (χ1) is 11.3. The maximum Gasteiger partial charge on any atom is 0.355 e. The van der Waals surface area contributed by atoms with Crippen LogP contribution in [0.1, 0.15) is 16.1 Å². The molecule has 0 atom stereocenters. The first kappa shape index (κ1) is 16.1. The lowest BCUT2D eigenvalue weighted by molar-refractivity contribution is 0.0593. The molecule has 0 saturated carbocycles. The Morgan fingerprint density at radius 3 is 2.38 bits per heavy atom. The average Bonchev–Trinajstić information content (AvgIpc) is 2.93. The molecule has 24 heavy (non-hydrogen) atoms. The molecule has 0 aliphatic rings. The summed E-state index contributed by atoms with van der Waals surface area (Å²) in [5.74, 6) is -0.876. The molecule has 1 aromatic heterocycles. The Kier molecular flexibility index (Phi) is 3.81. The van der Waals surface area contributed by atoms with Crippen molar-refractivity contribution >= 4 is 26.9 Å². The van der Waals surface area contributed by atoms with E-state index in [0.29, 0.717) is 5.39 Å². The molecular formula is C17H15NO5S. The van der Waals surface area contributed by atoms with Crippen molar-refractivity contribution in [1.29, 1.82) is 0 Å². The van der Waals surface area contributed by atoms with E-state index in [4.69, 9.17) is 4.74 Å². The molecule has 0 spiro atoms. The lowest BCUT2D eigenvalue weighted by Gasteiger charge is -2.11. The summed E-state index contributed by atoms with van der Waals surface area (Å²) in [7, 11) is -2.86. The lowest BCUT2D eigenvalue weighted by atomic mass is 10.2. The number of ether oxygens (including phenoxy) is 1. The molecule has 1 heterocycles. The second kappa shape index (κ2) is 5.68. The molecule has 0 unspecified atom stereocenters. The molecule has 0 amide bonds. The molecule has 0 fully saturated rings. The zero-order valence-electron chi connectivity index (χ0n) is 13.1. The summed E-state index contributed by atoms with van der Waals surface area (Å²) in [4.78, 5) is 12.1. The molecule has 0 aliphatic heterocycles. The molecule has 124 valence electrons. The maximum atomic E-state index is 13.0. The summed E-state index contributed by atoms with van der Waals surface area (Å²) in [6.07, 6.45) is 0. The standard InChI is InChI=1S/C17H15NO5S/c1-11-3-7-14(8-4-11)24(21,22)18-15-10-13(19)6-5-12(15)9-16(18)17(20)23-2/h3-10,19H,1-2H3. The van der Waals surface area contributed by atoms with Crippen molar-refractivity contribution in [2.75, 3.05) is 7.11 Å². The number of aromatic nitrogens is 1. The summed E-state index contributed by atoms with van der Waals surface area (Å²) in [5, 5.41) is 10.2. The SMILES string of the molecule is COC(=O)c1cc2ccc(O)cc2n1S(=O)(=O)c1ccc(C)cc1. The Bertz CT molecular complexity index is 1030. The van der Waals surface area contributed by atoms with Gasteiger partial charge in [0.1, 0.15) is 11.4 Å². The Morgan fingerprint density at radius 1 is 1.08 bits per heavy atom. The summed E-state index contributed by atoms with van der Waals surface area (Å²) in [6.45, 7) is 1.85. The first-order valence-electron chi connectivity index (χ1n) is 7.09. The third kappa shape index (κ3) is 2.52. The van der Waals surface area contributed by atoms with Crippen LogP contribution >= 0.6 is 0 Å². The molecule has 0 bridgehead atoms. The fourth-order valence-corrected chi connectivity index (χ4v) is 3.98. The number of nitrogens with zero attached hydrogens (tertiary/aromatic N) is 1. The number of aryl methyl sites for hydroxylation is 1. The molecule has 0 aliphatic carbocycles. The van der Waals surface area contributed by atoms with Crippen LogP contribution < -0.4 is 0 Å². The molecule has 3 rings (SSSR count). The minimum atomic E-state index is -4.04. The van der Waals surface area contributed by atoms with Crippen LogP contribution in [0.3, 0.4) is 0 Å². The van der Waals surface area contributed by atoms with Crippen LogP contribution in [0, 0.1) is 6.92 Å². The van der Waals surface area contributed by atoms with Crippen LogP contribution in [0.4, 0.5) is 0 Å². The fourth-order valence-electron chi connectivity index (χ4n) is 2.49. The topological polar surface area (TPSA) is 85.6 Å². The Labute approximate surface area is 139 Å². The van der Waals surface area contributed by atoms with Crippen molar-refractivity contribution < 1.29 is 23.1 Å². The van der Waals surface area contributed by atoms with E-state index in [-0.39, 0.29) is 21.9 Å². The quantitative estimate of drug-likeness (QED) is 0.738. The molecule has 3 aromatic rings. The highest BCUT2D eigenvalue weighted by molar-refractivity contribution is 7.90. The van der Waals surface area contributed by atoms with E-state index < -0.39 is 16.0 Å². The third-order valence-electron chi connectivity index (χ3n) is 3.70. The molecule has 0 saturated heterocycles. The Hall–Kier alpha value is -2.80. The molecule has 0 radical (unpaired) electrons. The highest BCUT2D eigenvalue weighted by Crippen LogP contribution is 2.29. The predicted octanol–water partition coefficient (Wildman–Crippen LogP) is 2.68. The monoisotopic (exact) mass is 345 g/mol. The number of esters is 1. The van der Waals surface area contributed by atoms with Crippen LogP contribution in [-0.4, -0.2) is 30.6 Å². The molecule has 7 heteroatoms. The van der Waals surface area contributed by atoms with E-state index in [9.17, 15) is 18.3 Å². The van der Waals surface area contributed by atoms with Gasteiger partial charge in [-0.1, -0.05) is 17.7 Å². The van der Waals surface area contributed by atoms with Gasteiger partial charge in [0.15, 0.2) is 0 Å². The van der Waals surface area contributed by atoms with Crippen LogP contribution in [0.5, 0.6) is 5.75 Å². The van der Waals surface area contributed by atoms with Gasteiger partial charge >= 0.3 is 5.97 Å². The number of hydrogen-bond acceptors (Lipinski definition) is 5. The smallest absolute Gasteiger partial charge is 0.355 e. The summed E-state index contributed by atoms with van der Waals surface area (Å²) < 4.78 is 31.7. The number of rotatable bonds is 3. The number of benzene rings is 2. The summed E-state index contributed by atoms with van der Waals surface area (Å²) in [5.41, 5.74) is 0.992. The van der Waals surface area contributed by atoms with Crippen molar-refractivity contribution in [3.8, 4) is 5.75 Å². The molecule has 6 nitrogen and oxygen atoms in total. The summed E-state index contributed by atoms with van der Waals surface area (Å²) in [6, 6.07) is 12.0.